The van der Waals surface area contributed by atoms with E-state index in [-0.39, 0.29) is 5.91 Å². The summed E-state index contributed by atoms with van der Waals surface area (Å²) in [5, 5.41) is 2.51. The van der Waals surface area contributed by atoms with Crippen LogP contribution in [0.2, 0.25) is 5.02 Å². The fourth-order valence-corrected chi connectivity index (χ4v) is 4.87. The van der Waals surface area contributed by atoms with Crippen LogP contribution in [0.25, 0.3) is 21.1 Å². The minimum absolute atomic E-state index is 0.118. The summed E-state index contributed by atoms with van der Waals surface area (Å²) in [6, 6.07) is 11.6. The molecular weight excluding hydrogens is 420 g/mol. The minimum Gasteiger partial charge on any atom is -0.383 e. The van der Waals surface area contributed by atoms with Gasteiger partial charge in [0.1, 0.15) is 17.2 Å². The van der Waals surface area contributed by atoms with Crippen LogP contribution in [0.3, 0.4) is 0 Å². The quantitative estimate of drug-likeness (QED) is 0.525. The summed E-state index contributed by atoms with van der Waals surface area (Å²) in [6.07, 6.45) is 1.46. The van der Waals surface area contributed by atoms with Gasteiger partial charge in [0.2, 0.25) is 5.91 Å². The number of nitrogen functional groups attached to an aromatic ring is 1. The summed E-state index contributed by atoms with van der Waals surface area (Å²) in [5.41, 5.74) is 8.63. The Morgan fingerprint density at radius 3 is 2.83 bits per heavy atom. The Labute approximate surface area is 182 Å². The van der Waals surface area contributed by atoms with Crippen LogP contribution in [-0.2, 0) is 17.9 Å². The van der Waals surface area contributed by atoms with Gasteiger partial charge in [0, 0.05) is 30.0 Å². The average Bonchev–Trinajstić information content (AvgIpc) is 3.11. The predicted octanol–water partition coefficient (Wildman–Crippen LogP) is 3.32. The average molecular weight is 439 g/mol. The third-order valence-electron chi connectivity index (χ3n) is 5.26. The van der Waals surface area contributed by atoms with Crippen molar-refractivity contribution in [2.75, 3.05) is 25.4 Å². The molecule has 3 heterocycles. The second kappa shape index (κ2) is 7.79. The first-order chi connectivity index (χ1) is 14.5. The zero-order chi connectivity index (χ0) is 20.7. The van der Waals surface area contributed by atoms with E-state index in [9.17, 15) is 4.79 Å². The minimum atomic E-state index is 0.118. The van der Waals surface area contributed by atoms with Crippen LogP contribution in [0.4, 0.5) is 5.82 Å². The van der Waals surface area contributed by atoms with Crippen molar-refractivity contribution >= 4 is 55.8 Å². The second-order valence-electron chi connectivity index (χ2n) is 7.36. The normalized spacial score (nSPS) is 15.4. The molecule has 9 heteroatoms. The van der Waals surface area contributed by atoms with Crippen molar-refractivity contribution in [1.82, 2.24) is 24.8 Å². The molecule has 0 saturated carbocycles. The van der Waals surface area contributed by atoms with Crippen molar-refractivity contribution in [3.8, 4) is 0 Å². The number of carbonyl (C=O) groups excluding carboxylic acids is 1. The lowest BCUT2D eigenvalue weighted by Crippen LogP contribution is -2.49. The van der Waals surface area contributed by atoms with Gasteiger partial charge in [-0.15, -0.1) is 11.3 Å². The van der Waals surface area contributed by atoms with E-state index in [0.29, 0.717) is 37.0 Å². The molecule has 2 N–H and O–H groups in total. The number of aromatic nitrogens is 3. The molecule has 1 aliphatic rings. The first-order valence-corrected chi connectivity index (χ1v) is 10.8. The Morgan fingerprint density at radius 2 is 1.97 bits per heavy atom. The molecule has 0 spiro atoms. The van der Waals surface area contributed by atoms with E-state index in [0.717, 1.165) is 38.2 Å². The molecule has 2 aromatic heterocycles. The number of rotatable bonds is 4. The topological polar surface area (TPSA) is 88.2 Å². The lowest BCUT2D eigenvalue weighted by molar-refractivity contribution is -0.136. The van der Waals surface area contributed by atoms with Gasteiger partial charge in [-0.25, -0.2) is 15.0 Å². The molecule has 0 radical (unpaired) electrons. The number of carbonyl (C=O) groups is 1. The number of nitrogens with zero attached hydrogens (tertiary/aromatic N) is 5. The van der Waals surface area contributed by atoms with Crippen molar-refractivity contribution in [3.05, 3.63) is 58.3 Å². The van der Waals surface area contributed by atoms with Gasteiger partial charge < -0.3 is 10.6 Å². The van der Waals surface area contributed by atoms with Crippen LogP contribution in [0.5, 0.6) is 0 Å². The van der Waals surface area contributed by atoms with Crippen LogP contribution < -0.4 is 5.73 Å². The van der Waals surface area contributed by atoms with Gasteiger partial charge in [0.15, 0.2) is 0 Å². The van der Waals surface area contributed by atoms with E-state index < -0.39 is 0 Å². The fraction of sp³-hybridized carbons (Fsp3) is 0.238. The number of fused-ring (bicyclic) bond motifs is 2. The van der Waals surface area contributed by atoms with Gasteiger partial charge in [0.05, 0.1) is 28.8 Å². The van der Waals surface area contributed by atoms with Gasteiger partial charge in [-0.3, -0.25) is 9.69 Å². The molecule has 30 heavy (non-hydrogen) atoms. The molecule has 5 rings (SSSR count). The van der Waals surface area contributed by atoms with Gasteiger partial charge in [0.25, 0.3) is 0 Å². The van der Waals surface area contributed by atoms with Gasteiger partial charge >= 0.3 is 0 Å². The van der Waals surface area contributed by atoms with Crippen molar-refractivity contribution in [3.63, 3.8) is 0 Å². The molecule has 0 unspecified atom stereocenters. The van der Waals surface area contributed by atoms with Crippen LogP contribution in [0.1, 0.15) is 10.6 Å². The predicted molar refractivity (Wildman–Crippen MR) is 119 cm³/mol. The number of piperazine rings is 1. The Hall–Kier alpha value is -2.81. The van der Waals surface area contributed by atoms with E-state index in [1.54, 1.807) is 11.3 Å². The third kappa shape index (κ3) is 3.81. The van der Waals surface area contributed by atoms with E-state index in [2.05, 4.69) is 19.9 Å². The maximum Gasteiger partial charge on any atom is 0.237 e. The summed E-state index contributed by atoms with van der Waals surface area (Å²) >= 11 is 7.70. The van der Waals surface area contributed by atoms with Gasteiger partial charge in [-0.1, -0.05) is 17.7 Å². The van der Waals surface area contributed by atoms with Gasteiger partial charge in [-0.05, 0) is 35.9 Å². The molecule has 2 aromatic carbocycles. The number of benzene rings is 2. The molecule has 152 valence electrons. The SMILES string of the molecule is Nc1ncnc2cc(CN3CCN(Cc4nc5cc(Cl)ccc5s4)CC3=O)ccc12. The molecule has 7 nitrogen and oxygen atoms in total. The first-order valence-electron chi connectivity index (χ1n) is 9.59. The number of halogens is 1. The summed E-state index contributed by atoms with van der Waals surface area (Å²) in [7, 11) is 0. The molecule has 1 amide bonds. The Balaban J connectivity index is 1.24. The number of hydrogen-bond donors (Lipinski definition) is 1. The summed E-state index contributed by atoms with van der Waals surface area (Å²) in [4.78, 5) is 29.7. The smallest absolute Gasteiger partial charge is 0.237 e. The molecule has 0 aliphatic carbocycles. The summed E-state index contributed by atoms with van der Waals surface area (Å²) in [6.45, 7) is 3.11. The van der Waals surface area contributed by atoms with Crippen LogP contribution in [-0.4, -0.2) is 50.3 Å². The number of amides is 1. The van der Waals surface area contributed by atoms with Crippen molar-refractivity contribution in [1.29, 1.82) is 0 Å². The fourth-order valence-electron chi connectivity index (χ4n) is 3.71. The first kappa shape index (κ1) is 19.2. The van der Waals surface area contributed by atoms with Crippen LogP contribution in [0.15, 0.2) is 42.7 Å². The Kier molecular flexibility index (Phi) is 4.98. The molecule has 1 fully saturated rings. The maximum absolute atomic E-state index is 12.7. The second-order valence-corrected chi connectivity index (χ2v) is 8.91. The van der Waals surface area contributed by atoms with E-state index in [1.807, 2.05) is 41.3 Å². The number of nitrogens with two attached hydrogens (primary N) is 1. The monoisotopic (exact) mass is 438 g/mol. The van der Waals surface area contributed by atoms with Crippen LogP contribution >= 0.6 is 22.9 Å². The highest BCUT2D eigenvalue weighted by Crippen LogP contribution is 2.26. The zero-order valence-corrected chi connectivity index (χ0v) is 17.7. The summed E-state index contributed by atoms with van der Waals surface area (Å²) in [5.74, 6) is 0.584. The maximum atomic E-state index is 12.7. The van der Waals surface area contributed by atoms with Crippen LogP contribution in [0, 0.1) is 0 Å². The Bertz CT molecular complexity index is 1260. The van der Waals surface area contributed by atoms with E-state index in [1.165, 1.54) is 6.33 Å². The third-order valence-corrected chi connectivity index (χ3v) is 6.51. The number of thiazole rings is 1. The van der Waals surface area contributed by atoms with E-state index in [4.69, 9.17) is 17.3 Å². The highest BCUT2D eigenvalue weighted by molar-refractivity contribution is 7.18. The lowest BCUT2D eigenvalue weighted by atomic mass is 10.1. The van der Waals surface area contributed by atoms with Crippen molar-refractivity contribution < 1.29 is 4.79 Å². The van der Waals surface area contributed by atoms with Gasteiger partial charge in [-0.2, -0.15) is 0 Å². The van der Waals surface area contributed by atoms with E-state index >= 15 is 0 Å². The largest absolute Gasteiger partial charge is 0.383 e. The summed E-state index contributed by atoms with van der Waals surface area (Å²) < 4.78 is 1.11. The molecular formula is C21H19ClN6OS. The number of hydrogen-bond acceptors (Lipinski definition) is 7. The highest BCUT2D eigenvalue weighted by atomic mass is 35.5. The highest BCUT2D eigenvalue weighted by Gasteiger charge is 2.25. The standard InChI is InChI=1S/C21H19ClN6OS/c22-14-2-4-18-17(8-14)26-19(30-18)10-27-5-6-28(20(29)11-27)9-13-1-3-15-16(7-13)24-12-25-21(15)23/h1-4,7-8,12H,5-6,9-11H2,(H2,23,24,25). The molecule has 0 bridgehead atoms. The Morgan fingerprint density at radius 1 is 1.07 bits per heavy atom. The van der Waals surface area contributed by atoms with Crippen molar-refractivity contribution in [2.45, 2.75) is 13.1 Å². The molecule has 0 atom stereocenters. The number of anilines is 1. The molecule has 4 aromatic rings. The molecule has 1 aliphatic heterocycles. The van der Waals surface area contributed by atoms with Crippen molar-refractivity contribution in [2.24, 2.45) is 0 Å². The lowest BCUT2D eigenvalue weighted by Gasteiger charge is -2.34. The molecule has 1 saturated heterocycles. The zero-order valence-electron chi connectivity index (χ0n) is 16.1.